The van der Waals surface area contributed by atoms with E-state index in [0.717, 1.165) is 43.7 Å². The Balaban J connectivity index is 1.67. The van der Waals surface area contributed by atoms with Crippen LogP contribution < -0.4 is 0 Å². The summed E-state index contributed by atoms with van der Waals surface area (Å²) < 4.78 is 0. The first kappa shape index (κ1) is 20.0. The van der Waals surface area contributed by atoms with Crippen LogP contribution in [0, 0.1) is 0 Å². The van der Waals surface area contributed by atoms with E-state index in [-0.39, 0.29) is 5.75 Å². The van der Waals surface area contributed by atoms with E-state index < -0.39 is 12.1 Å². The van der Waals surface area contributed by atoms with Crippen LogP contribution in [0.1, 0.15) is 31.2 Å². The number of rotatable bonds is 11. The van der Waals surface area contributed by atoms with Gasteiger partial charge in [0.05, 0.1) is 11.9 Å². The summed E-state index contributed by atoms with van der Waals surface area (Å²) in [6, 6.07) is 10.5. The van der Waals surface area contributed by atoms with Crippen LogP contribution in [0.5, 0.6) is 0 Å². The zero-order valence-corrected chi connectivity index (χ0v) is 15.5. The molecule has 0 amide bonds. The Morgan fingerprint density at radius 3 is 2.88 bits per heavy atom. The number of nitrogens with zero attached hydrogens (tertiary/aromatic N) is 1. The minimum Gasteiger partial charge on any atom is -0.481 e. The van der Waals surface area contributed by atoms with Crippen molar-refractivity contribution < 1.29 is 15.0 Å². The number of unbranched alkanes of at least 4 members (excludes halogenated alkanes) is 1. The predicted molar refractivity (Wildman–Crippen MR) is 104 cm³/mol. The lowest BCUT2D eigenvalue weighted by Crippen LogP contribution is -2.29. The molecule has 0 radical (unpaired) electrons. The van der Waals surface area contributed by atoms with Crippen molar-refractivity contribution in [3.05, 3.63) is 48.0 Å². The molecule has 2 N–H and O–H groups in total. The molecule has 1 unspecified atom stereocenters. The molecule has 5 heteroatoms. The Labute approximate surface area is 154 Å². The molecule has 0 bridgehead atoms. The lowest BCUT2D eigenvalue weighted by atomic mass is 10.1. The van der Waals surface area contributed by atoms with E-state index in [2.05, 4.69) is 11.0 Å². The van der Waals surface area contributed by atoms with Crippen LogP contribution >= 0.6 is 11.8 Å². The van der Waals surface area contributed by atoms with Crippen molar-refractivity contribution >= 4 is 17.7 Å². The Kier molecular flexibility index (Phi) is 9.08. The molecule has 0 aliphatic carbocycles. The summed E-state index contributed by atoms with van der Waals surface area (Å²) in [7, 11) is 0. The molecule has 1 saturated heterocycles. The van der Waals surface area contributed by atoms with Crippen LogP contribution in [-0.2, 0) is 11.2 Å². The van der Waals surface area contributed by atoms with Gasteiger partial charge >= 0.3 is 5.97 Å². The van der Waals surface area contributed by atoms with Gasteiger partial charge in [0, 0.05) is 12.5 Å². The maximum atomic E-state index is 10.5. The number of thioether (sulfide) groups is 1. The Bertz CT molecular complexity index is 535. The van der Waals surface area contributed by atoms with Gasteiger partial charge in [0.1, 0.15) is 0 Å². The van der Waals surface area contributed by atoms with Gasteiger partial charge in [-0.25, -0.2) is 0 Å². The predicted octanol–water partition coefficient (Wildman–Crippen LogP) is 3.21. The van der Waals surface area contributed by atoms with Gasteiger partial charge in [-0.3, -0.25) is 9.69 Å². The molecule has 0 aromatic heterocycles. The lowest BCUT2D eigenvalue weighted by molar-refractivity contribution is -0.133. The number of aliphatic hydroxyl groups is 1. The van der Waals surface area contributed by atoms with Crippen molar-refractivity contribution in [3.63, 3.8) is 0 Å². The van der Waals surface area contributed by atoms with Crippen LogP contribution in [0.2, 0.25) is 0 Å². The average Bonchev–Trinajstić information content (AvgIpc) is 3.04. The van der Waals surface area contributed by atoms with Crippen molar-refractivity contribution in [2.24, 2.45) is 0 Å². The van der Waals surface area contributed by atoms with Gasteiger partial charge in [0.25, 0.3) is 0 Å². The smallest absolute Gasteiger partial charge is 0.313 e. The van der Waals surface area contributed by atoms with E-state index in [0.29, 0.717) is 12.5 Å². The molecule has 0 spiro atoms. The normalized spacial score (nSPS) is 19.5. The minimum atomic E-state index is -0.733. The van der Waals surface area contributed by atoms with Gasteiger partial charge in [0.2, 0.25) is 0 Å². The second-order valence-electron chi connectivity index (χ2n) is 6.54. The van der Waals surface area contributed by atoms with Gasteiger partial charge in [-0.1, -0.05) is 42.5 Å². The molecular formula is C20H29NO3S. The van der Waals surface area contributed by atoms with Crippen LogP contribution in [0.25, 0.3) is 0 Å². The number of carboxylic acids is 1. The molecule has 1 heterocycles. The molecule has 1 aromatic carbocycles. The standard InChI is InChI=1S/C20H29NO3S/c22-19(15-17-7-2-1-3-8-17)11-10-18-9-6-13-21(18)12-4-5-14-25-16-20(23)24/h1-3,7-8,10-11,18-19,22H,4-6,9,12-16H2,(H,23,24)/t18-,19?/m1/s1. The first-order chi connectivity index (χ1) is 12.1. The fourth-order valence-corrected chi connectivity index (χ4v) is 3.93. The van der Waals surface area contributed by atoms with Crippen LogP contribution in [0.3, 0.4) is 0 Å². The van der Waals surface area contributed by atoms with E-state index in [4.69, 9.17) is 5.11 Å². The molecule has 25 heavy (non-hydrogen) atoms. The van der Waals surface area contributed by atoms with Crippen molar-refractivity contribution in [3.8, 4) is 0 Å². The molecule has 1 aliphatic rings. The Morgan fingerprint density at radius 1 is 1.32 bits per heavy atom. The fourth-order valence-electron chi connectivity index (χ4n) is 3.21. The summed E-state index contributed by atoms with van der Waals surface area (Å²) in [6.07, 6.45) is 8.85. The number of aliphatic hydroxyl groups excluding tert-OH is 1. The van der Waals surface area contributed by atoms with Crippen molar-refractivity contribution in [2.45, 2.75) is 44.2 Å². The third-order valence-corrected chi connectivity index (χ3v) is 5.50. The van der Waals surface area contributed by atoms with E-state index in [1.807, 2.05) is 36.4 Å². The molecule has 4 nitrogen and oxygen atoms in total. The van der Waals surface area contributed by atoms with E-state index >= 15 is 0 Å². The Morgan fingerprint density at radius 2 is 2.12 bits per heavy atom. The second kappa shape index (κ2) is 11.3. The third kappa shape index (κ3) is 8.08. The Hall–Kier alpha value is -1.30. The van der Waals surface area contributed by atoms with Gasteiger partial charge in [-0.05, 0) is 50.1 Å². The van der Waals surface area contributed by atoms with Crippen LogP contribution in [-0.4, -0.2) is 57.8 Å². The average molecular weight is 364 g/mol. The molecule has 1 aliphatic heterocycles. The maximum absolute atomic E-state index is 10.5. The zero-order chi connectivity index (χ0) is 17.9. The molecule has 1 aromatic rings. The van der Waals surface area contributed by atoms with Crippen LogP contribution in [0.15, 0.2) is 42.5 Å². The monoisotopic (exact) mass is 363 g/mol. The highest BCUT2D eigenvalue weighted by Crippen LogP contribution is 2.19. The largest absolute Gasteiger partial charge is 0.481 e. The number of benzene rings is 1. The molecule has 0 saturated carbocycles. The van der Waals surface area contributed by atoms with Gasteiger partial charge in [0.15, 0.2) is 0 Å². The molecule has 2 rings (SSSR count). The highest BCUT2D eigenvalue weighted by atomic mass is 32.2. The topological polar surface area (TPSA) is 60.8 Å². The highest BCUT2D eigenvalue weighted by molar-refractivity contribution is 7.99. The first-order valence-corrected chi connectivity index (χ1v) is 10.2. The fraction of sp³-hybridized carbons (Fsp3) is 0.550. The van der Waals surface area contributed by atoms with Crippen molar-refractivity contribution in [2.75, 3.05) is 24.6 Å². The van der Waals surface area contributed by atoms with Gasteiger partial charge in [-0.15, -0.1) is 0 Å². The summed E-state index contributed by atoms with van der Waals surface area (Å²) in [6.45, 7) is 2.17. The van der Waals surface area contributed by atoms with E-state index in [1.54, 1.807) is 0 Å². The number of hydrogen-bond donors (Lipinski definition) is 2. The SMILES string of the molecule is O=C(O)CSCCCCN1CCC[C@@H]1C=CC(O)Cc1ccccc1. The quantitative estimate of drug-likeness (QED) is 0.467. The summed E-state index contributed by atoms with van der Waals surface area (Å²) in [4.78, 5) is 12.9. The van der Waals surface area contributed by atoms with Gasteiger partial charge in [-0.2, -0.15) is 11.8 Å². The number of aliphatic carboxylic acids is 1. The van der Waals surface area contributed by atoms with Crippen molar-refractivity contribution in [1.29, 1.82) is 0 Å². The number of carboxylic acid groups (broad SMARTS) is 1. The molecular weight excluding hydrogens is 334 g/mol. The molecule has 1 fully saturated rings. The van der Waals surface area contributed by atoms with Crippen molar-refractivity contribution in [1.82, 2.24) is 4.90 Å². The maximum Gasteiger partial charge on any atom is 0.313 e. The lowest BCUT2D eigenvalue weighted by Gasteiger charge is -2.22. The first-order valence-electron chi connectivity index (χ1n) is 9.09. The molecule has 138 valence electrons. The highest BCUT2D eigenvalue weighted by Gasteiger charge is 2.21. The summed E-state index contributed by atoms with van der Waals surface area (Å²) >= 11 is 1.49. The third-order valence-electron chi connectivity index (χ3n) is 4.47. The summed E-state index contributed by atoms with van der Waals surface area (Å²) in [5.74, 6) is 0.383. The van der Waals surface area contributed by atoms with Gasteiger partial charge < -0.3 is 10.2 Å². The second-order valence-corrected chi connectivity index (χ2v) is 7.65. The number of carbonyl (C=O) groups is 1. The van der Waals surface area contributed by atoms with E-state index in [1.165, 1.54) is 18.2 Å². The summed E-state index contributed by atoms with van der Waals surface area (Å²) in [5, 5.41) is 18.8. The minimum absolute atomic E-state index is 0.203. The van der Waals surface area contributed by atoms with E-state index in [9.17, 15) is 9.90 Å². The van der Waals surface area contributed by atoms with Crippen LogP contribution in [0.4, 0.5) is 0 Å². The zero-order valence-electron chi connectivity index (χ0n) is 14.7. The summed E-state index contributed by atoms with van der Waals surface area (Å²) in [5.41, 5.74) is 1.15. The molecule has 2 atom stereocenters. The number of hydrogen-bond acceptors (Lipinski definition) is 4. The number of likely N-dealkylation sites (tertiary alicyclic amines) is 1.